The van der Waals surface area contributed by atoms with Gasteiger partial charge in [0.05, 0.1) is 29.3 Å². The summed E-state index contributed by atoms with van der Waals surface area (Å²) in [4.78, 5) is 31.8. The zero-order valence-corrected chi connectivity index (χ0v) is 20.5. The lowest BCUT2D eigenvalue weighted by atomic mass is 10.1. The summed E-state index contributed by atoms with van der Waals surface area (Å²) in [5, 5.41) is 5.85. The number of para-hydroxylation sites is 2. The van der Waals surface area contributed by atoms with Gasteiger partial charge in [0, 0.05) is 37.6 Å². The molecule has 0 radical (unpaired) electrons. The number of hydrogen-bond donors (Lipinski definition) is 2. The van der Waals surface area contributed by atoms with Gasteiger partial charge in [-0.25, -0.2) is 15.0 Å². The molecule has 1 saturated heterocycles. The third kappa shape index (κ3) is 6.23. The first-order chi connectivity index (χ1) is 17.2. The Balaban J connectivity index is 1.04. The number of aryl methyl sites for hydroxylation is 2. The lowest BCUT2D eigenvalue weighted by molar-refractivity contribution is 0.0946. The minimum Gasteiger partial charge on any atom is -0.378 e. The van der Waals surface area contributed by atoms with Gasteiger partial charge in [0.25, 0.3) is 5.91 Å². The molecule has 0 saturated carbocycles. The van der Waals surface area contributed by atoms with E-state index in [4.69, 9.17) is 4.74 Å². The molecule has 0 spiro atoms. The van der Waals surface area contributed by atoms with Crippen molar-refractivity contribution in [1.29, 1.82) is 0 Å². The molecule has 0 aliphatic carbocycles. The number of fused-ring (bicyclic) bond motifs is 1. The van der Waals surface area contributed by atoms with Crippen LogP contribution in [0.2, 0.25) is 0 Å². The lowest BCUT2D eigenvalue weighted by Crippen LogP contribution is -2.36. The second-order valence-corrected chi connectivity index (χ2v) is 9.63. The van der Waals surface area contributed by atoms with E-state index < -0.39 is 0 Å². The van der Waals surface area contributed by atoms with Crippen LogP contribution < -0.4 is 10.2 Å². The quantitative estimate of drug-likeness (QED) is 0.325. The number of aromatic nitrogens is 4. The van der Waals surface area contributed by atoms with Crippen molar-refractivity contribution in [2.75, 3.05) is 31.2 Å². The number of nitrogens with one attached hydrogen (secondary N) is 2. The standard InChI is InChI=1S/C26H30N6O2S/c33-26(28-17-19-10-11-27-24(16-19)32-12-14-34-15-13-32)22-18-35-25(31-22)9-3-1-2-8-23-29-20-6-4-5-7-21(20)30-23/h4-7,10-11,16,18H,1-3,8-9,12-15,17H2,(H,28,33)(H,29,30). The summed E-state index contributed by atoms with van der Waals surface area (Å²) >= 11 is 1.56. The van der Waals surface area contributed by atoms with E-state index in [1.165, 1.54) is 0 Å². The maximum Gasteiger partial charge on any atom is 0.271 e. The van der Waals surface area contributed by atoms with Gasteiger partial charge in [0.1, 0.15) is 17.3 Å². The first kappa shape index (κ1) is 23.4. The number of rotatable bonds is 10. The Hall–Kier alpha value is -3.30. The molecule has 9 heteroatoms. The number of amides is 1. The van der Waals surface area contributed by atoms with Crippen molar-refractivity contribution >= 4 is 34.1 Å². The molecule has 1 amide bonds. The monoisotopic (exact) mass is 490 g/mol. The molecule has 8 nitrogen and oxygen atoms in total. The van der Waals surface area contributed by atoms with Gasteiger partial charge in [-0.15, -0.1) is 11.3 Å². The molecule has 182 valence electrons. The fraction of sp³-hybridized carbons (Fsp3) is 0.385. The highest BCUT2D eigenvalue weighted by Gasteiger charge is 2.14. The van der Waals surface area contributed by atoms with Crippen LogP contribution in [0.4, 0.5) is 5.82 Å². The molecule has 1 aliphatic heterocycles. The molecular formula is C26H30N6O2S. The van der Waals surface area contributed by atoms with Crippen molar-refractivity contribution in [3.8, 4) is 0 Å². The van der Waals surface area contributed by atoms with Crippen molar-refractivity contribution in [3.63, 3.8) is 0 Å². The van der Waals surface area contributed by atoms with E-state index in [0.717, 1.165) is 91.7 Å². The van der Waals surface area contributed by atoms with Gasteiger partial charge < -0.3 is 19.9 Å². The van der Waals surface area contributed by atoms with Gasteiger partial charge in [0.15, 0.2) is 0 Å². The fourth-order valence-electron chi connectivity index (χ4n) is 4.21. The number of ether oxygens (including phenoxy) is 1. The number of thiazole rings is 1. The normalized spacial score (nSPS) is 13.9. The molecule has 0 unspecified atom stereocenters. The highest BCUT2D eigenvalue weighted by Crippen LogP contribution is 2.17. The van der Waals surface area contributed by atoms with Crippen LogP contribution in [0.1, 0.15) is 46.1 Å². The number of hydrogen-bond acceptors (Lipinski definition) is 7. The fourth-order valence-corrected chi connectivity index (χ4v) is 5.03. The molecule has 4 heterocycles. The molecule has 1 fully saturated rings. The second kappa shape index (κ2) is 11.4. The summed E-state index contributed by atoms with van der Waals surface area (Å²) in [7, 11) is 0. The van der Waals surface area contributed by atoms with Crippen LogP contribution in [-0.4, -0.2) is 52.1 Å². The Morgan fingerprint density at radius 3 is 2.83 bits per heavy atom. The summed E-state index contributed by atoms with van der Waals surface area (Å²) in [6.07, 6.45) is 6.87. The van der Waals surface area contributed by atoms with Crippen LogP contribution in [-0.2, 0) is 24.1 Å². The van der Waals surface area contributed by atoms with E-state index in [2.05, 4.69) is 36.2 Å². The van der Waals surface area contributed by atoms with Crippen LogP contribution in [0.25, 0.3) is 11.0 Å². The van der Waals surface area contributed by atoms with Gasteiger partial charge in [-0.05, 0) is 49.1 Å². The summed E-state index contributed by atoms with van der Waals surface area (Å²) < 4.78 is 5.41. The minimum absolute atomic E-state index is 0.137. The van der Waals surface area contributed by atoms with E-state index in [-0.39, 0.29) is 5.91 Å². The van der Waals surface area contributed by atoms with Crippen molar-refractivity contribution in [2.45, 2.75) is 38.6 Å². The first-order valence-electron chi connectivity index (χ1n) is 12.2. The number of carbonyl (C=O) groups excluding carboxylic acids is 1. The zero-order chi connectivity index (χ0) is 23.9. The number of H-pyrrole nitrogens is 1. The van der Waals surface area contributed by atoms with Crippen LogP contribution in [0.15, 0.2) is 48.0 Å². The molecule has 4 aromatic rings. The molecule has 5 rings (SSSR count). The molecule has 0 atom stereocenters. The average molecular weight is 491 g/mol. The molecule has 1 aliphatic rings. The zero-order valence-electron chi connectivity index (χ0n) is 19.7. The van der Waals surface area contributed by atoms with Gasteiger partial charge >= 0.3 is 0 Å². The molecule has 0 bridgehead atoms. The Morgan fingerprint density at radius 2 is 1.94 bits per heavy atom. The lowest BCUT2D eigenvalue weighted by Gasteiger charge is -2.28. The van der Waals surface area contributed by atoms with E-state index in [1.54, 1.807) is 17.5 Å². The first-order valence-corrected chi connectivity index (χ1v) is 13.1. The molecule has 35 heavy (non-hydrogen) atoms. The van der Waals surface area contributed by atoms with E-state index >= 15 is 0 Å². The third-order valence-corrected chi connectivity index (χ3v) is 7.03. The molecule has 2 N–H and O–H groups in total. The number of anilines is 1. The van der Waals surface area contributed by atoms with Crippen LogP contribution in [0, 0.1) is 0 Å². The van der Waals surface area contributed by atoms with Crippen molar-refractivity contribution in [3.05, 3.63) is 70.1 Å². The van der Waals surface area contributed by atoms with E-state index in [9.17, 15) is 4.79 Å². The average Bonchev–Trinajstić information content (AvgIpc) is 3.55. The largest absolute Gasteiger partial charge is 0.378 e. The Morgan fingerprint density at radius 1 is 1.09 bits per heavy atom. The third-order valence-electron chi connectivity index (χ3n) is 6.13. The van der Waals surface area contributed by atoms with Crippen LogP contribution >= 0.6 is 11.3 Å². The van der Waals surface area contributed by atoms with Gasteiger partial charge in [-0.3, -0.25) is 4.79 Å². The predicted octanol–water partition coefficient (Wildman–Crippen LogP) is 4.14. The maximum absolute atomic E-state index is 12.6. The smallest absolute Gasteiger partial charge is 0.271 e. The van der Waals surface area contributed by atoms with Crippen molar-refractivity contribution < 1.29 is 9.53 Å². The highest BCUT2D eigenvalue weighted by molar-refractivity contribution is 7.09. The van der Waals surface area contributed by atoms with Gasteiger partial charge in [-0.2, -0.15) is 0 Å². The van der Waals surface area contributed by atoms with Gasteiger partial charge in [-0.1, -0.05) is 18.6 Å². The molecule has 3 aromatic heterocycles. The van der Waals surface area contributed by atoms with Crippen LogP contribution in [0.3, 0.4) is 0 Å². The Bertz CT molecular complexity index is 1230. The summed E-state index contributed by atoms with van der Waals surface area (Å²) in [6.45, 7) is 3.56. The summed E-state index contributed by atoms with van der Waals surface area (Å²) in [6, 6.07) is 12.1. The number of benzene rings is 1. The Labute approximate surface area is 208 Å². The topological polar surface area (TPSA) is 96.0 Å². The van der Waals surface area contributed by atoms with E-state index in [0.29, 0.717) is 12.2 Å². The number of carbonyl (C=O) groups is 1. The Kier molecular flexibility index (Phi) is 7.65. The number of unbranched alkanes of at least 4 members (excludes halogenated alkanes) is 2. The number of pyridine rings is 1. The number of nitrogens with zero attached hydrogens (tertiary/aromatic N) is 4. The highest BCUT2D eigenvalue weighted by atomic mass is 32.1. The maximum atomic E-state index is 12.6. The number of morpholine rings is 1. The summed E-state index contributed by atoms with van der Waals surface area (Å²) in [5.74, 6) is 1.84. The van der Waals surface area contributed by atoms with Crippen molar-refractivity contribution in [2.24, 2.45) is 0 Å². The van der Waals surface area contributed by atoms with E-state index in [1.807, 2.05) is 35.7 Å². The minimum atomic E-state index is -0.137. The second-order valence-electron chi connectivity index (χ2n) is 8.69. The predicted molar refractivity (Wildman–Crippen MR) is 138 cm³/mol. The SMILES string of the molecule is O=C(NCc1ccnc(N2CCOCC2)c1)c1csc(CCCCCc2nc3ccccc3[nH]2)n1. The van der Waals surface area contributed by atoms with Crippen LogP contribution in [0.5, 0.6) is 0 Å². The van der Waals surface area contributed by atoms with Gasteiger partial charge in [0.2, 0.25) is 0 Å². The molecule has 1 aromatic carbocycles. The summed E-state index contributed by atoms with van der Waals surface area (Å²) in [5.41, 5.74) is 3.64. The molecular weight excluding hydrogens is 460 g/mol. The number of aromatic amines is 1. The number of imidazole rings is 1. The van der Waals surface area contributed by atoms with Crippen molar-refractivity contribution in [1.82, 2.24) is 25.3 Å².